The number of hydrogen-bond donors (Lipinski definition) is 0. The molecule has 1 aromatic rings. The molecule has 1 saturated heterocycles. The van der Waals surface area contributed by atoms with Crippen LogP contribution in [0, 0.1) is 0 Å². The largest absolute Gasteiger partial charge is 0.471 e. The first-order valence-corrected chi connectivity index (χ1v) is 4.20. The molecule has 1 amide bonds. The molecule has 0 bridgehead atoms. The van der Waals surface area contributed by atoms with Gasteiger partial charge in [0.05, 0.1) is 6.54 Å². The van der Waals surface area contributed by atoms with Gasteiger partial charge < -0.3 is 18.9 Å². The lowest BCUT2D eigenvalue weighted by molar-refractivity contribution is 0.1000. The van der Waals surface area contributed by atoms with E-state index in [1.165, 1.54) is 11.2 Å². The molecule has 0 radical (unpaired) electrons. The highest BCUT2D eigenvalue weighted by Crippen LogP contribution is 2.11. The zero-order valence-corrected chi connectivity index (χ0v) is 7.67. The lowest BCUT2D eigenvalue weighted by atomic mass is 10.4. The van der Waals surface area contributed by atoms with Gasteiger partial charge in [-0.25, -0.2) is 4.79 Å². The first-order valence-electron chi connectivity index (χ1n) is 4.20. The fourth-order valence-corrected chi connectivity index (χ4v) is 1.19. The lowest BCUT2D eigenvalue weighted by Gasteiger charge is -2.07. The van der Waals surface area contributed by atoms with Crippen LogP contribution in [-0.2, 0) is 4.74 Å². The third kappa shape index (κ3) is 1.78. The van der Waals surface area contributed by atoms with Gasteiger partial charge in [-0.05, 0) is 5.16 Å². The highest BCUT2D eigenvalue weighted by atomic mass is 16.6. The Morgan fingerprint density at radius 3 is 3.21 bits per heavy atom. The highest BCUT2D eigenvalue weighted by molar-refractivity contribution is 5.69. The van der Waals surface area contributed by atoms with Crippen molar-refractivity contribution in [3.63, 3.8) is 0 Å². The second-order valence-electron chi connectivity index (χ2n) is 3.03. The molecule has 76 valence electrons. The fourth-order valence-electron chi connectivity index (χ4n) is 1.19. The van der Waals surface area contributed by atoms with Gasteiger partial charge in [-0.2, -0.15) is 0 Å². The smallest absolute Gasteiger partial charge is 0.410 e. The Morgan fingerprint density at radius 2 is 2.64 bits per heavy atom. The average molecular weight is 198 g/mol. The van der Waals surface area contributed by atoms with E-state index < -0.39 is 0 Å². The Labute approximate surface area is 80.4 Å². The predicted molar refractivity (Wildman–Crippen MR) is 44.9 cm³/mol. The molecule has 1 aliphatic heterocycles. The number of hydrogen-bond acceptors (Lipinski definition) is 5. The summed E-state index contributed by atoms with van der Waals surface area (Å²) in [6.07, 6.45) is 0.866. The zero-order chi connectivity index (χ0) is 9.97. The van der Waals surface area contributed by atoms with Crippen LogP contribution >= 0.6 is 0 Å². The van der Waals surface area contributed by atoms with E-state index >= 15 is 0 Å². The van der Waals surface area contributed by atoms with Crippen LogP contribution in [0.2, 0.25) is 0 Å². The topological polar surface area (TPSA) is 64.8 Å². The monoisotopic (exact) mass is 198 g/mol. The van der Waals surface area contributed by atoms with Crippen LogP contribution in [0.25, 0.3) is 0 Å². The van der Waals surface area contributed by atoms with Crippen molar-refractivity contribution in [2.24, 2.45) is 0 Å². The number of likely N-dealkylation sites (N-methyl/N-ethyl adjacent to an activating group) is 1. The molecule has 1 fully saturated rings. The molecule has 1 atom stereocenters. The molecule has 6 nitrogen and oxygen atoms in total. The minimum atomic E-state index is -0.321. The van der Waals surface area contributed by atoms with Crippen molar-refractivity contribution >= 4 is 6.09 Å². The standard InChI is InChI=1S/C8H10N2O4/c1-10-4-6(14-8(10)11)5-12-7-2-3-13-9-7/h2-3,6H,4-5H2,1H3/t6-/m1/s1. The SMILES string of the molecule is CN1C[C@H](COc2ccon2)OC1=O. The van der Waals surface area contributed by atoms with Crippen LogP contribution < -0.4 is 4.74 Å². The van der Waals surface area contributed by atoms with E-state index in [9.17, 15) is 4.79 Å². The van der Waals surface area contributed by atoms with E-state index in [0.717, 1.165) is 0 Å². The predicted octanol–water partition coefficient (Wildman–Crippen LogP) is 0.504. The maximum absolute atomic E-state index is 11.0. The van der Waals surface area contributed by atoms with Gasteiger partial charge in [-0.1, -0.05) is 0 Å². The third-order valence-corrected chi connectivity index (χ3v) is 1.89. The molecule has 0 aromatic carbocycles. The van der Waals surface area contributed by atoms with E-state index in [1.54, 1.807) is 13.1 Å². The molecule has 1 aromatic heterocycles. The van der Waals surface area contributed by atoms with Crippen LogP contribution in [0.15, 0.2) is 16.9 Å². The van der Waals surface area contributed by atoms with Crippen LogP contribution in [0.5, 0.6) is 5.88 Å². The van der Waals surface area contributed by atoms with Gasteiger partial charge in [0, 0.05) is 13.1 Å². The molecule has 0 spiro atoms. The van der Waals surface area contributed by atoms with Crippen molar-refractivity contribution in [2.75, 3.05) is 20.2 Å². The zero-order valence-electron chi connectivity index (χ0n) is 7.67. The van der Waals surface area contributed by atoms with E-state index in [4.69, 9.17) is 9.47 Å². The Hall–Kier alpha value is -1.72. The molecule has 6 heteroatoms. The minimum absolute atomic E-state index is 0.232. The summed E-state index contributed by atoms with van der Waals surface area (Å²) in [7, 11) is 1.68. The normalized spacial score (nSPS) is 21.1. The molecule has 0 unspecified atom stereocenters. The van der Waals surface area contributed by atoms with E-state index in [-0.39, 0.29) is 12.2 Å². The quantitative estimate of drug-likeness (QED) is 0.707. The summed E-state index contributed by atoms with van der Waals surface area (Å²) < 4.78 is 14.8. The van der Waals surface area contributed by atoms with Crippen molar-refractivity contribution in [1.82, 2.24) is 10.1 Å². The van der Waals surface area contributed by atoms with Gasteiger partial charge in [-0.15, -0.1) is 0 Å². The van der Waals surface area contributed by atoms with Gasteiger partial charge >= 0.3 is 6.09 Å². The van der Waals surface area contributed by atoms with Gasteiger partial charge in [0.15, 0.2) is 6.10 Å². The number of carbonyl (C=O) groups is 1. The summed E-state index contributed by atoms with van der Waals surface area (Å²) in [4.78, 5) is 12.5. The summed E-state index contributed by atoms with van der Waals surface area (Å²) in [5.74, 6) is 0.399. The summed E-state index contributed by atoms with van der Waals surface area (Å²) >= 11 is 0. The Balaban J connectivity index is 1.80. The maximum atomic E-state index is 11.0. The second-order valence-corrected chi connectivity index (χ2v) is 3.03. The molecule has 14 heavy (non-hydrogen) atoms. The molecule has 0 aliphatic carbocycles. The fraction of sp³-hybridized carbons (Fsp3) is 0.500. The molecule has 0 saturated carbocycles. The Morgan fingerprint density at radius 1 is 1.79 bits per heavy atom. The first-order chi connectivity index (χ1) is 6.75. The average Bonchev–Trinajstić information content (AvgIpc) is 2.74. The molecule has 0 N–H and O–H groups in total. The van der Waals surface area contributed by atoms with E-state index in [0.29, 0.717) is 19.0 Å². The number of amides is 1. The molecular weight excluding hydrogens is 188 g/mol. The van der Waals surface area contributed by atoms with Crippen molar-refractivity contribution in [3.05, 3.63) is 12.3 Å². The number of cyclic esters (lactones) is 1. The highest BCUT2D eigenvalue weighted by Gasteiger charge is 2.28. The van der Waals surface area contributed by atoms with Crippen LogP contribution in [0.3, 0.4) is 0 Å². The van der Waals surface area contributed by atoms with Crippen LogP contribution in [0.1, 0.15) is 0 Å². The van der Waals surface area contributed by atoms with E-state index in [1.807, 2.05) is 0 Å². The third-order valence-electron chi connectivity index (χ3n) is 1.89. The molecule has 2 rings (SSSR count). The van der Waals surface area contributed by atoms with Crippen molar-refractivity contribution < 1.29 is 18.8 Å². The summed E-state index contributed by atoms with van der Waals surface area (Å²) in [5.41, 5.74) is 0. The number of carbonyl (C=O) groups excluding carboxylic acids is 1. The molecular formula is C8H10N2O4. The number of aromatic nitrogens is 1. The van der Waals surface area contributed by atoms with Gasteiger partial charge in [0.1, 0.15) is 12.9 Å². The minimum Gasteiger partial charge on any atom is -0.471 e. The number of rotatable bonds is 3. The second kappa shape index (κ2) is 3.57. The van der Waals surface area contributed by atoms with Crippen LogP contribution in [0.4, 0.5) is 4.79 Å². The van der Waals surface area contributed by atoms with Crippen LogP contribution in [-0.4, -0.2) is 42.5 Å². The summed E-state index contributed by atoms with van der Waals surface area (Å²) in [5, 5.41) is 3.56. The summed E-state index contributed by atoms with van der Waals surface area (Å²) in [6.45, 7) is 0.833. The molecule has 2 heterocycles. The Kier molecular flexibility index (Phi) is 2.26. The van der Waals surface area contributed by atoms with Crippen molar-refractivity contribution in [3.8, 4) is 5.88 Å². The number of nitrogens with zero attached hydrogens (tertiary/aromatic N) is 2. The van der Waals surface area contributed by atoms with Crippen molar-refractivity contribution in [1.29, 1.82) is 0 Å². The first kappa shape index (κ1) is 8.86. The van der Waals surface area contributed by atoms with Gasteiger partial charge in [0.25, 0.3) is 5.88 Å². The van der Waals surface area contributed by atoms with E-state index in [2.05, 4.69) is 9.68 Å². The molecule has 1 aliphatic rings. The lowest BCUT2D eigenvalue weighted by Crippen LogP contribution is -2.23. The maximum Gasteiger partial charge on any atom is 0.410 e. The number of ether oxygens (including phenoxy) is 2. The Bertz CT molecular complexity index is 311. The van der Waals surface area contributed by atoms with Gasteiger partial charge in [-0.3, -0.25) is 0 Å². The summed E-state index contributed by atoms with van der Waals surface area (Å²) in [6, 6.07) is 1.60. The van der Waals surface area contributed by atoms with Crippen molar-refractivity contribution in [2.45, 2.75) is 6.10 Å². The van der Waals surface area contributed by atoms with Gasteiger partial charge in [0.2, 0.25) is 0 Å².